The number of ether oxygens (including phenoxy) is 1. The molecule has 0 spiro atoms. The van der Waals surface area contributed by atoms with E-state index in [1.807, 2.05) is 6.07 Å². The molecule has 3 aromatic rings. The Morgan fingerprint density at radius 2 is 1.69 bits per heavy atom. The average molecular weight is 494 g/mol. The van der Waals surface area contributed by atoms with E-state index in [-0.39, 0.29) is 17.7 Å². The number of hydrogen-bond donors (Lipinski definition) is 3. The van der Waals surface area contributed by atoms with Gasteiger partial charge in [0.25, 0.3) is 0 Å². The summed E-state index contributed by atoms with van der Waals surface area (Å²) in [6.07, 6.45) is 1.22. The molecule has 188 valence electrons. The largest absolute Gasteiger partial charge is 0.394 e. The molecule has 2 aliphatic rings. The number of benzene rings is 1. The molecule has 5 rings (SSSR count). The second-order valence-electron chi connectivity index (χ2n) is 9.11. The zero-order chi connectivity index (χ0) is 24.7. The molecule has 9 nitrogen and oxygen atoms in total. The zero-order valence-electron chi connectivity index (χ0n) is 18.6. The van der Waals surface area contributed by atoms with Crippen molar-refractivity contribution in [3.63, 3.8) is 0 Å². The van der Waals surface area contributed by atoms with Crippen molar-refractivity contribution in [2.75, 3.05) is 6.61 Å². The van der Waals surface area contributed by atoms with Crippen molar-refractivity contribution in [1.29, 1.82) is 0 Å². The minimum atomic E-state index is -1.60. The standard InChI is InChI=1S/C23H25F3N4O5/c24-14-5-12(6-15(25)20(14)26)16-9-30(29-27-16)21-22(32)18(34-19(10-31)23(21)33)8-13-7-17(35-28-13)11-3-1-2-4-11/h5-7,9,11,18-19,21-23,31-33H,1-4,8,10H2/t18-,19-,21-,22+,23+/m1/s1. The van der Waals surface area contributed by atoms with Crippen LogP contribution in [0.25, 0.3) is 11.3 Å². The van der Waals surface area contributed by atoms with Crippen molar-refractivity contribution >= 4 is 0 Å². The first-order valence-corrected chi connectivity index (χ1v) is 11.5. The predicted octanol–water partition coefficient (Wildman–Crippen LogP) is 2.27. The van der Waals surface area contributed by atoms with Crippen molar-refractivity contribution in [2.45, 2.75) is 68.5 Å². The topological polar surface area (TPSA) is 127 Å². The van der Waals surface area contributed by atoms with Crippen LogP contribution in [-0.4, -0.2) is 66.5 Å². The first kappa shape index (κ1) is 23.9. The van der Waals surface area contributed by atoms with E-state index in [1.165, 1.54) is 6.20 Å². The lowest BCUT2D eigenvalue weighted by molar-refractivity contribution is -0.205. The predicted molar refractivity (Wildman–Crippen MR) is 114 cm³/mol. The Kier molecular flexibility index (Phi) is 6.62. The summed E-state index contributed by atoms with van der Waals surface area (Å²) in [5.41, 5.74) is 0.504. The molecule has 1 saturated heterocycles. The van der Waals surface area contributed by atoms with Gasteiger partial charge in [-0.3, -0.25) is 0 Å². The number of aromatic nitrogens is 4. The van der Waals surface area contributed by atoms with Crippen LogP contribution in [0.1, 0.15) is 49.1 Å². The van der Waals surface area contributed by atoms with E-state index in [9.17, 15) is 28.5 Å². The van der Waals surface area contributed by atoms with Crippen molar-refractivity contribution in [1.82, 2.24) is 20.2 Å². The van der Waals surface area contributed by atoms with Gasteiger partial charge in [-0.05, 0) is 25.0 Å². The summed E-state index contributed by atoms with van der Waals surface area (Å²) in [6, 6.07) is 2.29. The highest BCUT2D eigenvalue weighted by molar-refractivity contribution is 5.57. The van der Waals surface area contributed by atoms with E-state index in [2.05, 4.69) is 15.5 Å². The molecule has 0 radical (unpaired) electrons. The lowest BCUT2D eigenvalue weighted by Gasteiger charge is -2.42. The van der Waals surface area contributed by atoms with E-state index in [4.69, 9.17) is 9.26 Å². The van der Waals surface area contributed by atoms with E-state index < -0.39 is 54.5 Å². The summed E-state index contributed by atoms with van der Waals surface area (Å²) < 4.78 is 53.0. The quantitative estimate of drug-likeness (QED) is 0.446. The van der Waals surface area contributed by atoms with Crippen LogP contribution >= 0.6 is 0 Å². The van der Waals surface area contributed by atoms with Gasteiger partial charge in [0.1, 0.15) is 35.8 Å². The fourth-order valence-electron chi connectivity index (χ4n) is 4.95. The van der Waals surface area contributed by atoms with E-state index >= 15 is 0 Å². The Morgan fingerprint density at radius 1 is 1.00 bits per heavy atom. The molecule has 1 aromatic carbocycles. The van der Waals surface area contributed by atoms with E-state index in [0.29, 0.717) is 11.6 Å². The van der Waals surface area contributed by atoms with Crippen molar-refractivity contribution < 1.29 is 37.8 Å². The first-order valence-electron chi connectivity index (χ1n) is 11.5. The molecule has 12 heteroatoms. The average Bonchev–Trinajstić information content (AvgIpc) is 3.61. The molecule has 0 amide bonds. The highest BCUT2D eigenvalue weighted by Gasteiger charge is 2.46. The Balaban J connectivity index is 1.38. The molecule has 3 heterocycles. The van der Waals surface area contributed by atoms with Gasteiger partial charge in [0.15, 0.2) is 17.5 Å². The van der Waals surface area contributed by atoms with Crippen LogP contribution in [0.15, 0.2) is 28.9 Å². The van der Waals surface area contributed by atoms with Gasteiger partial charge in [-0.2, -0.15) is 0 Å². The van der Waals surface area contributed by atoms with E-state index in [1.54, 1.807) is 0 Å². The SMILES string of the molecule is OC[C@H]1O[C@H](Cc2cc(C3CCCC3)on2)[C@H](O)[C@@H](n2cc(-c3cc(F)c(F)c(F)c3)nn2)[C@H]1O. The van der Waals surface area contributed by atoms with E-state index in [0.717, 1.165) is 48.3 Å². The summed E-state index contributed by atoms with van der Waals surface area (Å²) in [6.45, 7) is -0.525. The summed E-state index contributed by atoms with van der Waals surface area (Å²) >= 11 is 0. The zero-order valence-corrected chi connectivity index (χ0v) is 18.6. The van der Waals surface area contributed by atoms with Gasteiger partial charge in [-0.15, -0.1) is 5.10 Å². The van der Waals surface area contributed by atoms with Crippen LogP contribution in [0.2, 0.25) is 0 Å². The third-order valence-electron chi connectivity index (χ3n) is 6.83. The maximum Gasteiger partial charge on any atom is 0.194 e. The normalized spacial score (nSPS) is 27.5. The molecule has 0 bridgehead atoms. The van der Waals surface area contributed by atoms with Crippen LogP contribution in [0, 0.1) is 17.5 Å². The fourth-order valence-corrected chi connectivity index (χ4v) is 4.95. The van der Waals surface area contributed by atoms with Crippen LogP contribution in [0.5, 0.6) is 0 Å². The lowest BCUT2D eigenvalue weighted by Crippen LogP contribution is -2.56. The molecule has 3 N–H and O–H groups in total. The van der Waals surface area contributed by atoms with Gasteiger partial charge in [0, 0.05) is 24.0 Å². The number of aliphatic hydroxyl groups excluding tert-OH is 3. The van der Waals surface area contributed by atoms with Gasteiger partial charge in [0.2, 0.25) is 0 Å². The Hall–Kier alpha value is -2.80. The third kappa shape index (κ3) is 4.58. The van der Waals surface area contributed by atoms with Gasteiger partial charge in [-0.25, -0.2) is 17.9 Å². The Bertz CT molecular complexity index is 1160. The highest BCUT2D eigenvalue weighted by atomic mass is 19.2. The first-order chi connectivity index (χ1) is 16.9. The molecular formula is C23H25F3N4O5. The van der Waals surface area contributed by atoms with Crippen LogP contribution in [-0.2, 0) is 11.2 Å². The van der Waals surface area contributed by atoms with Crippen LogP contribution in [0.4, 0.5) is 13.2 Å². The third-order valence-corrected chi connectivity index (χ3v) is 6.83. The smallest absolute Gasteiger partial charge is 0.194 e. The number of halogens is 3. The summed E-state index contributed by atoms with van der Waals surface area (Å²) in [7, 11) is 0. The molecule has 1 saturated carbocycles. The second-order valence-corrected chi connectivity index (χ2v) is 9.11. The number of aliphatic hydroxyl groups is 3. The number of hydrogen-bond acceptors (Lipinski definition) is 8. The van der Waals surface area contributed by atoms with Gasteiger partial charge in [-0.1, -0.05) is 23.2 Å². The molecule has 2 fully saturated rings. The van der Waals surface area contributed by atoms with Gasteiger partial charge >= 0.3 is 0 Å². The maximum absolute atomic E-state index is 13.7. The highest BCUT2D eigenvalue weighted by Crippen LogP contribution is 2.36. The van der Waals surface area contributed by atoms with Crippen molar-refractivity contribution in [3.8, 4) is 11.3 Å². The van der Waals surface area contributed by atoms with Crippen molar-refractivity contribution in [2.24, 2.45) is 0 Å². The van der Waals surface area contributed by atoms with Gasteiger partial charge < -0.3 is 24.6 Å². The summed E-state index contributed by atoms with van der Waals surface area (Å²) in [5, 5.41) is 43.4. The van der Waals surface area contributed by atoms with Crippen LogP contribution in [0.3, 0.4) is 0 Å². The molecule has 5 atom stereocenters. The molecule has 35 heavy (non-hydrogen) atoms. The summed E-state index contributed by atoms with van der Waals surface area (Å²) in [5.74, 6) is -3.26. The second kappa shape index (κ2) is 9.69. The molecule has 1 aliphatic heterocycles. The molecule has 2 aromatic heterocycles. The number of nitrogens with zero attached hydrogens (tertiary/aromatic N) is 4. The molecule has 1 aliphatic carbocycles. The fraction of sp³-hybridized carbons (Fsp3) is 0.522. The Morgan fingerprint density at radius 3 is 2.37 bits per heavy atom. The lowest BCUT2D eigenvalue weighted by atomic mass is 9.90. The minimum absolute atomic E-state index is 0.00324. The monoisotopic (exact) mass is 494 g/mol. The van der Waals surface area contributed by atoms with Crippen LogP contribution < -0.4 is 0 Å². The van der Waals surface area contributed by atoms with Crippen molar-refractivity contribution in [3.05, 3.63) is 53.3 Å². The summed E-state index contributed by atoms with van der Waals surface area (Å²) in [4.78, 5) is 0. The van der Waals surface area contributed by atoms with Gasteiger partial charge in [0.05, 0.1) is 24.6 Å². The maximum atomic E-state index is 13.7. The Labute approximate surface area is 198 Å². The number of rotatable bonds is 6. The minimum Gasteiger partial charge on any atom is -0.394 e. The molecular weight excluding hydrogens is 469 g/mol. The molecule has 0 unspecified atom stereocenters.